The van der Waals surface area contributed by atoms with E-state index in [-0.39, 0.29) is 0 Å². The second-order valence-electron chi connectivity index (χ2n) is 5.57. The Morgan fingerprint density at radius 2 is 1.90 bits per heavy atom. The number of aryl methyl sites for hydroxylation is 1. The van der Waals surface area contributed by atoms with Crippen molar-refractivity contribution < 1.29 is 0 Å². The Bertz CT molecular complexity index is 444. The van der Waals surface area contributed by atoms with Crippen molar-refractivity contribution in [2.45, 2.75) is 39.0 Å². The highest BCUT2D eigenvalue weighted by Crippen LogP contribution is 2.22. The highest BCUT2D eigenvalue weighted by molar-refractivity contribution is 5.84. The minimum atomic E-state index is 1.05. The van der Waals surface area contributed by atoms with E-state index in [1.54, 1.807) is 0 Å². The van der Waals surface area contributed by atoms with E-state index in [1.807, 2.05) is 18.5 Å². The zero-order valence-corrected chi connectivity index (χ0v) is 13.0. The number of hydrogen-bond acceptors (Lipinski definition) is 2. The number of rotatable bonds is 6. The van der Waals surface area contributed by atoms with Gasteiger partial charge in [0, 0.05) is 39.6 Å². The third kappa shape index (κ3) is 3.71. The number of guanidine groups is 1. The molecule has 4 nitrogen and oxygen atoms in total. The Morgan fingerprint density at radius 1 is 1.15 bits per heavy atom. The topological polar surface area (TPSA) is 31.7 Å². The zero-order valence-electron chi connectivity index (χ0n) is 13.0. The number of aliphatic imine (C=N–C) groups is 1. The fourth-order valence-corrected chi connectivity index (χ4v) is 2.53. The van der Waals surface area contributed by atoms with E-state index in [9.17, 15) is 0 Å². The van der Waals surface area contributed by atoms with E-state index in [4.69, 9.17) is 4.99 Å². The number of unbranched alkanes of at least 4 members (excludes halogenated alkanes) is 3. The zero-order chi connectivity index (χ0) is 14.4. The average molecular weight is 274 g/mol. The number of hydrogen-bond donors (Lipinski definition) is 0. The van der Waals surface area contributed by atoms with Gasteiger partial charge in [-0.25, -0.2) is 4.99 Å². The van der Waals surface area contributed by atoms with Crippen molar-refractivity contribution in [2.75, 3.05) is 27.2 Å². The molecule has 2 rings (SSSR count). The van der Waals surface area contributed by atoms with E-state index in [0.717, 1.165) is 31.2 Å². The Labute approximate surface area is 122 Å². The maximum Gasteiger partial charge on any atom is 0.201 e. The lowest BCUT2D eigenvalue weighted by Crippen LogP contribution is -2.27. The summed E-state index contributed by atoms with van der Waals surface area (Å²) in [6.45, 7) is 4.34. The molecule has 4 heteroatoms. The molecule has 1 aliphatic heterocycles. The molecule has 0 atom stereocenters. The highest BCUT2D eigenvalue weighted by Gasteiger charge is 2.20. The summed E-state index contributed by atoms with van der Waals surface area (Å²) in [4.78, 5) is 13.5. The van der Waals surface area contributed by atoms with Crippen molar-refractivity contribution in [3.63, 3.8) is 0 Å². The molecule has 2 heterocycles. The van der Waals surface area contributed by atoms with E-state index in [0.29, 0.717) is 0 Å². The van der Waals surface area contributed by atoms with Crippen molar-refractivity contribution in [1.29, 1.82) is 0 Å². The fraction of sp³-hybridized carbons (Fsp3) is 0.625. The molecule has 0 saturated carbocycles. The van der Waals surface area contributed by atoms with Gasteiger partial charge in [0.05, 0.1) is 5.69 Å². The number of aromatic nitrogens is 1. The lowest BCUT2D eigenvalue weighted by atomic mass is 10.1. The Hall–Kier alpha value is -1.58. The van der Waals surface area contributed by atoms with Gasteiger partial charge in [0.2, 0.25) is 5.96 Å². The Kier molecular flexibility index (Phi) is 5.39. The fourth-order valence-electron chi connectivity index (χ4n) is 2.53. The normalized spacial score (nSPS) is 15.1. The van der Waals surface area contributed by atoms with Gasteiger partial charge in [0.1, 0.15) is 0 Å². The predicted molar refractivity (Wildman–Crippen MR) is 84.4 cm³/mol. The monoisotopic (exact) mass is 274 g/mol. The minimum absolute atomic E-state index is 1.05. The van der Waals surface area contributed by atoms with E-state index < -0.39 is 0 Å². The molecule has 1 aromatic rings. The van der Waals surface area contributed by atoms with Crippen LogP contribution in [-0.2, 0) is 6.42 Å². The van der Waals surface area contributed by atoms with Gasteiger partial charge >= 0.3 is 0 Å². The predicted octanol–water partition coefficient (Wildman–Crippen LogP) is 3.07. The molecular formula is C16H26N4. The minimum Gasteiger partial charge on any atom is -0.344 e. The molecule has 20 heavy (non-hydrogen) atoms. The smallest absolute Gasteiger partial charge is 0.201 e. The van der Waals surface area contributed by atoms with Gasteiger partial charge in [-0.1, -0.05) is 26.2 Å². The summed E-state index contributed by atoms with van der Waals surface area (Å²) in [5.41, 5.74) is 2.34. The highest BCUT2D eigenvalue weighted by atomic mass is 15.4. The quantitative estimate of drug-likeness (QED) is 0.747. The van der Waals surface area contributed by atoms with Crippen LogP contribution in [0.25, 0.3) is 0 Å². The van der Waals surface area contributed by atoms with Crippen molar-refractivity contribution in [1.82, 2.24) is 14.8 Å². The maximum absolute atomic E-state index is 4.85. The molecule has 0 bridgehead atoms. The van der Waals surface area contributed by atoms with Crippen LogP contribution in [0.5, 0.6) is 0 Å². The molecule has 0 aromatic carbocycles. The molecule has 1 aliphatic rings. The largest absolute Gasteiger partial charge is 0.344 e. The molecule has 1 aromatic heterocycles. The molecule has 0 unspecified atom stereocenters. The summed E-state index contributed by atoms with van der Waals surface area (Å²) in [6, 6.07) is 2.03. The third-order valence-electron chi connectivity index (χ3n) is 3.85. The third-order valence-corrected chi connectivity index (χ3v) is 3.85. The molecule has 0 N–H and O–H groups in total. The van der Waals surface area contributed by atoms with Crippen LogP contribution in [-0.4, -0.2) is 47.9 Å². The van der Waals surface area contributed by atoms with Crippen LogP contribution >= 0.6 is 0 Å². The van der Waals surface area contributed by atoms with Crippen LogP contribution in [0.1, 0.15) is 38.2 Å². The molecule has 0 spiro atoms. The molecule has 0 radical (unpaired) electrons. The molecular weight excluding hydrogens is 248 g/mol. The number of nitrogens with zero attached hydrogens (tertiary/aromatic N) is 4. The average Bonchev–Trinajstić information content (AvgIpc) is 2.77. The van der Waals surface area contributed by atoms with E-state index in [1.165, 1.54) is 31.2 Å². The van der Waals surface area contributed by atoms with Crippen molar-refractivity contribution in [3.05, 3.63) is 24.0 Å². The summed E-state index contributed by atoms with van der Waals surface area (Å²) >= 11 is 0. The molecule has 110 valence electrons. The van der Waals surface area contributed by atoms with Crippen molar-refractivity contribution in [3.8, 4) is 0 Å². The summed E-state index contributed by atoms with van der Waals surface area (Å²) in [6.07, 6.45) is 10.00. The van der Waals surface area contributed by atoms with Crippen LogP contribution < -0.4 is 0 Å². The summed E-state index contributed by atoms with van der Waals surface area (Å²) in [5, 5.41) is 0. The molecule has 0 amide bonds. The molecule has 0 aliphatic carbocycles. The number of likely N-dealkylation sites (N-methyl/N-ethyl adjacent to an activating group) is 2. The van der Waals surface area contributed by atoms with Crippen molar-refractivity contribution in [2.24, 2.45) is 4.99 Å². The van der Waals surface area contributed by atoms with Gasteiger partial charge in [-0.2, -0.15) is 0 Å². The van der Waals surface area contributed by atoms with Crippen LogP contribution in [0.2, 0.25) is 0 Å². The van der Waals surface area contributed by atoms with Crippen LogP contribution in [0.4, 0.5) is 5.69 Å². The summed E-state index contributed by atoms with van der Waals surface area (Å²) < 4.78 is 0. The molecule has 1 fully saturated rings. The van der Waals surface area contributed by atoms with Crippen LogP contribution in [0.15, 0.2) is 23.5 Å². The van der Waals surface area contributed by atoms with Crippen molar-refractivity contribution >= 4 is 11.6 Å². The van der Waals surface area contributed by atoms with Crippen LogP contribution in [0.3, 0.4) is 0 Å². The molecule has 1 saturated heterocycles. The standard InChI is InChI=1S/C16H26N4/c1-4-5-6-7-8-14-13-17-10-9-15(14)18-16-19(2)11-12-20(16)3/h9-10,13H,4-8,11-12H2,1-3H3. The maximum atomic E-state index is 4.85. The van der Waals surface area contributed by atoms with Crippen LogP contribution in [0, 0.1) is 0 Å². The van der Waals surface area contributed by atoms with Gasteiger partial charge in [0.15, 0.2) is 0 Å². The van der Waals surface area contributed by atoms with Gasteiger partial charge in [-0.3, -0.25) is 4.98 Å². The first kappa shape index (κ1) is 14.8. The number of pyridine rings is 1. The first-order valence-electron chi connectivity index (χ1n) is 7.66. The summed E-state index contributed by atoms with van der Waals surface area (Å²) in [7, 11) is 4.20. The SMILES string of the molecule is CCCCCCc1cnccc1N=C1N(C)CCN1C. The van der Waals surface area contributed by atoms with E-state index in [2.05, 4.69) is 35.8 Å². The summed E-state index contributed by atoms with van der Waals surface area (Å²) in [5.74, 6) is 1.06. The Balaban J connectivity index is 2.09. The first-order chi connectivity index (χ1) is 9.72. The van der Waals surface area contributed by atoms with Gasteiger partial charge < -0.3 is 9.80 Å². The van der Waals surface area contributed by atoms with Gasteiger partial charge in [0.25, 0.3) is 0 Å². The van der Waals surface area contributed by atoms with Gasteiger partial charge in [-0.15, -0.1) is 0 Å². The van der Waals surface area contributed by atoms with E-state index >= 15 is 0 Å². The lowest BCUT2D eigenvalue weighted by molar-refractivity contribution is 0.553. The Morgan fingerprint density at radius 3 is 2.60 bits per heavy atom. The van der Waals surface area contributed by atoms with Gasteiger partial charge in [-0.05, 0) is 24.5 Å². The first-order valence-corrected chi connectivity index (χ1v) is 7.66. The second-order valence-corrected chi connectivity index (χ2v) is 5.57. The second kappa shape index (κ2) is 7.27. The lowest BCUT2D eigenvalue weighted by Gasteiger charge is -2.16.